The number of benzene rings is 1. The Labute approximate surface area is 114 Å². The average molecular weight is 256 g/mol. The Kier molecular flexibility index (Phi) is 3.54. The zero-order valence-electron chi connectivity index (χ0n) is 11.2. The quantitative estimate of drug-likeness (QED) is 0.834. The maximum absolute atomic E-state index is 9.42. The van der Waals surface area contributed by atoms with Crippen LogP contribution >= 0.6 is 0 Å². The predicted octanol–water partition coefficient (Wildman–Crippen LogP) is 2.58. The smallest absolute Gasteiger partial charge is 0.0888 e. The normalized spacial score (nSPS) is 26.4. The summed E-state index contributed by atoms with van der Waals surface area (Å²) in [5.74, 6) is 0. The first-order valence-corrected chi connectivity index (χ1v) is 7.11. The Morgan fingerprint density at radius 3 is 2.74 bits per heavy atom. The number of hydrogen-bond donors (Lipinski definition) is 0. The van der Waals surface area contributed by atoms with Crippen molar-refractivity contribution in [3.05, 3.63) is 35.9 Å². The van der Waals surface area contributed by atoms with E-state index in [0.717, 1.165) is 39.1 Å². The number of ether oxygens (including phenoxy) is 1. The van der Waals surface area contributed by atoms with E-state index in [1.54, 1.807) is 0 Å². The van der Waals surface area contributed by atoms with E-state index in [-0.39, 0.29) is 11.5 Å². The Balaban J connectivity index is 1.64. The standard InChI is InChI=1S/C16H20N2O/c17-13-16(7-4-8-16)15-12-18(9-10-19-15)11-14-5-2-1-3-6-14/h1-3,5-6,15H,4,7-12H2. The molecular formula is C16H20N2O. The Morgan fingerprint density at radius 2 is 2.11 bits per heavy atom. The number of nitrogens with zero attached hydrogens (tertiary/aromatic N) is 2. The van der Waals surface area contributed by atoms with Crippen molar-refractivity contribution in [3.8, 4) is 6.07 Å². The summed E-state index contributed by atoms with van der Waals surface area (Å²) in [7, 11) is 0. The average Bonchev–Trinajstić information content (AvgIpc) is 2.40. The van der Waals surface area contributed by atoms with Crippen LogP contribution in [0, 0.1) is 16.7 Å². The van der Waals surface area contributed by atoms with Crippen LogP contribution in [0.25, 0.3) is 0 Å². The number of morpholine rings is 1. The maximum Gasteiger partial charge on any atom is 0.0888 e. The number of nitriles is 1. The van der Waals surface area contributed by atoms with Gasteiger partial charge in [-0.05, 0) is 18.4 Å². The summed E-state index contributed by atoms with van der Waals surface area (Å²) in [5.41, 5.74) is 1.14. The lowest BCUT2D eigenvalue weighted by molar-refractivity contribution is -0.103. The predicted molar refractivity (Wildman–Crippen MR) is 73.4 cm³/mol. The minimum absolute atomic E-state index is 0.101. The van der Waals surface area contributed by atoms with Gasteiger partial charge in [-0.2, -0.15) is 5.26 Å². The van der Waals surface area contributed by atoms with Crippen LogP contribution < -0.4 is 0 Å². The molecule has 3 nitrogen and oxygen atoms in total. The molecule has 1 aliphatic heterocycles. The fourth-order valence-corrected chi connectivity index (χ4v) is 3.09. The van der Waals surface area contributed by atoms with Gasteiger partial charge in [-0.15, -0.1) is 0 Å². The van der Waals surface area contributed by atoms with Gasteiger partial charge >= 0.3 is 0 Å². The maximum atomic E-state index is 9.42. The van der Waals surface area contributed by atoms with E-state index < -0.39 is 0 Å². The lowest BCUT2D eigenvalue weighted by Gasteiger charge is -2.46. The van der Waals surface area contributed by atoms with Crippen molar-refractivity contribution >= 4 is 0 Å². The second-order valence-electron chi connectivity index (χ2n) is 5.70. The molecule has 1 aliphatic carbocycles. The van der Waals surface area contributed by atoms with E-state index in [2.05, 4.69) is 35.2 Å². The van der Waals surface area contributed by atoms with Gasteiger partial charge in [0.15, 0.2) is 0 Å². The topological polar surface area (TPSA) is 36.3 Å². The molecule has 1 saturated carbocycles. The first kappa shape index (κ1) is 12.7. The molecule has 0 aromatic heterocycles. The van der Waals surface area contributed by atoms with Gasteiger partial charge in [0.2, 0.25) is 0 Å². The van der Waals surface area contributed by atoms with Crippen molar-refractivity contribution in [2.75, 3.05) is 19.7 Å². The van der Waals surface area contributed by atoms with E-state index >= 15 is 0 Å². The van der Waals surface area contributed by atoms with Gasteiger partial charge in [0, 0.05) is 19.6 Å². The van der Waals surface area contributed by atoms with Crippen LogP contribution in [0.15, 0.2) is 30.3 Å². The third kappa shape index (κ3) is 2.51. The molecule has 0 N–H and O–H groups in total. The SMILES string of the molecule is N#CC1(C2CN(Cc3ccccc3)CCO2)CCC1. The summed E-state index contributed by atoms with van der Waals surface area (Å²) in [5, 5.41) is 9.42. The highest BCUT2D eigenvalue weighted by Crippen LogP contribution is 2.45. The molecule has 1 saturated heterocycles. The van der Waals surface area contributed by atoms with E-state index in [9.17, 15) is 5.26 Å². The first-order valence-electron chi connectivity index (χ1n) is 7.11. The highest BCUT2D eigenvalue weighted by atomic mass is 16.5. The van der Waals surface area contributed by atoms with E-state index in [0.29, 0.717) is 0 Å². The summed E-state index contributed by atoms with van der Waals surface area (Å²) >= 11 is 0. The lowest BCUT2D eigenvalue weighted by atomic mass is 9.66. The molecule has 100 valence electrons. The van der Waals surface area contributed by atoms with E-state index in [1.165, 1.54) is 12.0 Å². The van der Waals surface area contributed by atoms with Crippen LogP contribution in [0.4, 0.5) is 0 Å². The van der Waals surface area contributed by atoms with Gasteiger partial charge in [-0.3, -0.25) is 4.90 Å². The van der Waals surface area contributed by atoms with Gasteiger partial charge in [-0.25, -0.2) is 0 Å². The molecule has 0 radical (unpaired) electrons. The van der Waals surface area contributed by atoms with Crippen molar-refractivity contribution < 1.29 is 4.74 Å². The van der Waals surface area contributed by atoms with Gasteiger partial charge in [0.25, 0.3) is 0 Å². The molecule has 0 amide bonds. The summed E-state index contributed by atoms with van der Waals surface area (Å²) < 4.78 is 5.88. The van der Waals surface area contributed by atoms with Crippen LogP contribution in [-0.4, -0.2) is 30.7 Å². The molecule has 1 heterocycles. The molecular weight excluding hydrogens is 236 g/mol. The molecule has 0 spiro atoms. The Bertz CT molecular complexity index is 461. The van der Waals surface area contributed by atoms with Crippen molar-refractivity contribution in [1.29, 1.82) is 5.26 Å². The minimum atomic E-state index is -0.199. The molecule has 1 aromatic rings. The van der Waals surface area contributed by atoms with Crippen LogP contribution in [0.5, 0.6) is 0 Å². The van der Waals surface area contributed by atoms with Gasteiger partial charge in [-0.1, -0.05) is 36.8 Å². The fraction of sp³-hybridized carbons (Fsp3) is 0.562. The Hall–Kier alpha value is -1.37. The molecule has 1 atom stereocenters. The zero-order chi connectivity index (χ0) is 13.1. The van der Waals surface area contributed by atoms with E-state index in [1.807, 2.05) is 6.07 Å². The van der Waals surface area contributed by atoms with E-state index in [4.69, 9.17) is 4.74 Å². The second-order valence-corrected chi connectivity index (χ2v) is 5.70. The molecule has 2 aliphatic rings. The third-order valence-electron chi connectivity index (χ3n) is 4.48. The molecule has 1 unspecified atom stereocenters. The van der Waals surface area contributed by atoms with Gasteiger partial charge in [0.05, 0.1) is 24.2 Å². The largest absolute Gasteiger partial charge is 0.374 e. The van der Waals surface area contributed by atoms with Crippen molar-refractivity contribution in [2.24, 2.45) is 5.41 Å². The van der Waals surface area contributed by atoms with Crippen molar-refractivity contribution in [3.63, 3.8) is 0 Å². The van der Waals surface area contributed by atoms with Crippen LogP contribution in [0.3, 0.4) is 0 Å². The monoisotopic (exact) mass is 256 g/mol. The van der Waals surface area contributed by atoms with Gasteiger partial charge < -0.3 is 4.74 Å². The molecule has 3 rings (SSSR count). The van der Waals surface area contributed by atoms with Crippen LogP contribution in [-0.2, 0) is 11.3 Å². The van der Waals surface area contributed by atoms with Gasteiger partial charge in [0.1, 0.15) is 0 Å². The fourth-order valence-electron chi connectivity index (χ4n) is 3.09. The first-order chi connectivity index (χ1) is 9.32. The highest BCUT2D eigenvalue weighted by molar-refractivity contribution is 5.15. The summed E-state index contributed by atoms with van der Waals surface area (Å²) in [6, 6.07) is 13.0. The van der Waals surface area contributed by atoms with Crippen LogP contribution in [0.1, 0.15) is 24.8 Å². The number of hydrogen-bond acceptors (Lipinski definition) is 3. The number of rotatable bonds is 3. The zero-order valence-corrected chi connectivity index (χ0v) is 11.2. The highest BCUT2D eigenvalue weighted by Gasteiger charge is 2.46. The molecule has 1 aromatic carbocycles. The summed E-state index contributed by atoms with van der Waals surface area (Å²) in [4.78, 5) is 2.42. The molecule has 2 fully saturated rings. The van der Waals surface area contributed by atoms with Crippen molar-refractivity contribution in [2.45, 2.75) is 31.9 Å². The molecule has 3 heteroatoms. The summed E-state index contributed by atoms with van der Waals surface area (Å²) in [6.07, 6.45) is 3.29. The second kappa shape index (κ2) is 5.32. The minimum Gasteiger partial charge on any atom is -0.374 e. The molecule has 19 heavy (non-hydrogen) atoms. The molecule has 0 bridgehead atoms. The third-order valence-corrected chi connectivity index (χ3v) is 4.48. The summed E-state index contributed by atoms with van der Waals surface area (Å²) in [6.45, 7) is 3.57. The van der Waals surface area contributed by atoms with Crippen molar-refractivity contribution in [1.82, 2.24) is 4.90 Å². The van der Waals surface area contributed by atoms with Crippen LogP contribution in [0.2, 0.25) is 0 Å². The lowest BCUT2D eigenvalue weighted by Crippen LogP contribution is -2.52. The Morgan fingerprint density at radius 1 is 1.32 bits per heavy atom.